The number of carbonyl (C=O) groups excluding carboxylic acids is 1. The van der Waals surface area contributed by atoms with E-state index >= 15 is 0 Å². The van der Waals surface area contributed by atoms with Crippen molar-refractivity contribution in [3.63, 3.8) is 0 Å². The summed E-state index contributed by atoms with van der Waals surface area (Å²) in [5.74, 6) is -0.503. The van der Waals surface area contributed by atoms with Crippen LogP contribution in [0.3, 0.4) is 0 Å². The van der Waals surface area contributed by atoms with Crippen molar-refractivity contribution in [2.24, 2.45) is 0 Å². The second-order valence-corrected chi connectivity index (χ2v) is 2.19. The van der Waals surface area contributed by atoms with Crippen molar-refractivity contribution in [2.75, 3.05) is 0 Å². The van der Waals surface area contributed by atoms with E-state index in [0.717, 1.165) is 0 Å². The third kappa shape index (κ3) is 5.66. The standard InChI is InChI=1S/C5H6Cl2O2/c1-4(6)2-3-5(8)9-7/h2H,3H2,1H3. The van der Waals surface area contributed by atoms with Gasteiger partial charge in [0.05, 0.1) is 6.42 Å². The highest BCUT2D eigenvalue weighted by molar-refractivity contribution is 6.29. The number of carbonyl (C=O) groups is 1. The number of hydrogen-bond donors (Lipinski definition) is 0. The molecule has 0 spiro atoms. The van der Waals surface area contributed by atoms with E-state index in [-0.39, 0.29) is 6.42 Å². The van der Waals surface area contributed by atoms with E-state index in [1.165, 1.54) is 6.08 Å². The van der Waals surface area contributed by atoms with E-state index in [1.54, 1.807) is 6.92 Å². The molecule has 0 aromatic carbocycles. The summed E-state index contributed by atoms with van der Waals surface area (Å²) in [4.78, 5) is 10.3. The smallest absolute Gasteiger partial charge is 0.328 e. The molecule has 0 aliphatic heterocycles. The lowest BCUT2D eigenvalue weighted by atomic mass is 10.4. The quantitative estimate of drug-likeness (QED) is 0.633. The zero-order chi connectivity index (χ0) is 7.28. The van der Waals surface area contributed by atoms with Crippen molar-refractivity contribution in [3.05, 3.63) is 11.1 Å². The highest BCUT2D eigenvalue weighted by atomic mass is 35.5. The van der Waals surface area contributed by atoms with Gasteiger partial charge in [0.1, 0.15) is 11.9 Å². The second-order valence-electron chi connectivity index (χ2n) is 1.44. The summed E-state index contributed by atoms with van der Waals surface area (Å²) in [6.07, 6.45) is 1.64. The van der Waals surface area contributed by atoms with Crippen LogP contribution in [0.4, 0.5) is 0 Å². The van der Waals surface area contributed by atoms with Crippen molar-refractivity contribution in [2.45, 2.75) is 13.3 Å². The first-order valence-corrected chi connectivity index (χ1v) is 2.99. The molecular weight excluding hydrogens is 163 g/mol. The molecule has 0 aliphatic rings. The Balaban J connectivity index is 3.50. The molecule has 2 nitrogen and oxygen atoms in total. The van der Waals surface area contributed by atoms with Crippen LogP contribution in [0, 0.1) is 0 Å². The summed E-state index contributed by atoms with van der Waals surface area (Å²) in [7, 11) is 0. The van der Waals surface area contributed by atoms with E-state index in [4.69, 9.17) is 23.5 Å². The predicted octanol–water partition coefficient (Wildman–Crippen LogP) is 2.22. The summed E-state index contributed by atoms with van der Waals surface area (Å²) in [6, 6.07) is 0. The minimum absolute atomic E-state index is 0.124. The Morgan fingerprint density at radius 1 is 1.78 bits per heavy atom. The van der Waals surface area contributed by atoms with Crippen LogP contribution in [0.15, 0.2) is 11.1 Å². The van der Waals surface area contributed by atoms with Gasteiger partial charge in [-0.2, -0.15) is 0 Å². The van der Waals surface area contributed by atoms with Crippen LogP contribution in [0.5, 0.6) is 0 Å². The zero-order valence-electron chi connectivity index (χ0n) is 4.86. The topological polar surface area (TPSA) is 26.3 Å². The first-order chi connectivity index (χ1) is 4.16. The molecule has 9 heavy (non-hydrogen) atoms. The van der Waals surface area contributed by atoms with Gasteiger partial charge < -0.3 is 4.29 Å². The summed E-state index contributed by atoms with van der Waals surface area (Å²) >= 11 is 10.1. The van der Waals surface area contributed by atoms with Gasteiger partial charge in [0.15, 0.2) is 0 Å². The van der Waals surface area contributed by atoms with Crippen LogP contribution >= 0.6 is 23.5 Å². The lowest BCUT2D eigenvalue weighted by molar-refractivity contribution is -0.132. The molecule has 0 aromatic rings. The van der Waals surface area contributed by atoms with Crippen molar-refractivity contribution < 1.29 is 9.08 Å². The van der Waals surface area contributed by atoms with E-state index in [2.05, 4.69) is 4.29 Å². The Hall–Kier alpha value is -0.210. The maximum absolute atomic E-state index is 10.3. The predicted molar refractivity (Wildman–Crippen MR) is 36.2 cm³/mol. The molecule has 0 unspecified atom stereocenters. The monoisotopic (exact) mass is 168 g/mol. The lowest BCUT2D eigenvalue weighted by Crippen LogP contribution is -1.92. The van der Waals surface area contributed by atoms with Gasteiger partial charge in [-0.3, -0.25) is 4.79 Å². The molecule has 0 radical (unpaired) electrons. The second kappa shape index (κ2) is 4.65. The Morgan fingerprint density at radius 2 is 2.33 bits per heavy atom. The zero-order valence-corrected chi connectivity index (χ0v) is 6.37. The molecule has 0 fully saturated rings. The molecule has 0 heterocycles. The molecule has 0 bridgehead atoms. The number of halogens is 2. The molecule has 0 saturated carbocycles. The highest BCUT2D eigenvalue weighted by Gasteiger charge is 1.96. The van der Waals surface area contributed by atoms with Gasteiger partial charge in [-0.05, 0) is 6.92 Å². The summed E-state index contributed by atoms with van der Waals surface area (Å²) in [5.41, 5.74) is 0. The van der Waals surface area contributed by atoms with Crippen LogP contribution < -0.4 is 0 Å². The average Bonchev–Trinajstić information content (AvgIpc) is 1.83. The normalized spacial score (nSPS) is 11.2. The Bertz CT molecular complexity index is 127. The Morgan fingerprint density at radius 3 is 2.67 bits per heavy atom. The van der Waals surface area contributed by atoms with E-state index in [0.29, 0.717) is 5.03 Å². The Kier molecular flexibility index (Phi) is 4.54. The van der Waals surface area contributed by atoms with Crippen LogP contribution in [0.2, 0.25) is 0 Å². The minimum Gasteiger partial charge on any atom is -0.347 e. The molecular formula is C5H6Cl2O2. The van der Waals surface area contributed by atoms with Gasteiger partial charge in [0.2, 0.25) is 0 Å². The number of rotatable bonds is 2. The third-order valence-electron chi connectivity index (χ3n) is 0.636. The van der Waals surface area contributed by atoms with E-state index < -0.39 is 5.97 Å². The lowest BCUT2D eigenvalue weighted by Gasteiger charge is -1.87. The van der Waals surface area contributed by atoms with E-state index in [1.807, 2.05) is 0 Å². The molecule has 0 N–H and O–H groups in total. The fraction of sp³-hybridized carbons (Fsp3) is 0.400. The molecule has 4 heteroatoms. The average molecular weight is 169 g/mol. The van der Waals surface area contributed by atoms with Crippen molar-refractivity contribution in [1.29, 1.82) is 0 Å². The van der Waals surface area contributed by atoms with Gasteiger partial charge in [-0.15, -0.1) is 0 Å². The molecule has 0 saturated heterocycles. The number of allylic oxidation sites excluding steroid dienone is 1. The van der Waals surface area contributed by atoms with Gasteiger partial charge in [0, 0.05) is 5.03 Å². The highest BCUT2D eigenvalue weighted by Crippen LogP contribution is 2.01. The molecule has 52 valence electrons. The fourth-order valence-electron chi connectivity index (χ4n) is 0.255. The van der Waals surface area contributed by atoms with Crippen LogP contribution in [-0.4, -0.2) is 5.97 Å². The summed E-state index contributed by atoms with van der Waals surface area (Å²) in [6.45, 7) is 1.67. The van der Waals surface area contributed by atoms with E-state index in [9.17, 15) is 4.79 Å². The molecule has 0 amide bonds. The van der Waals surface area contributed by atoms with Crippen molar-refractivity contribution in [3.8, 4) is 0 Å². The van der Waals surface area contributed by atoms with Gasteiger partial charge >= 0.3 is 5.97 Å². The largest absolute Gasteiger partial charge is 0.347 e. The van der Waals surface area contributed by atoms with Gasteiger partial charge in [0.25, 0.3) is 0 Å². The maximum Gasteiger partial charge on any atom is 0.328 e. The van der Waals surface area contributed by atoms with Gasteiger partial charge in [-0.25, -0.2) is 0 Å². The van der Waals surface area contributed by atoms with Gasteiger partial charge in [-0.1, -0.05) is 17.7 Å². The molecule has 0 atom stereocenters. The number of hydrogen-bond acceptors (Lipinski definition) is 2. The Labute approximate surface area is 63.6 Å². The minimum atomic E-state index is -0.503. The maximum atomic E-state index is 10.3. The fourth-order valence-corrected chi connectivity index (χ4v) is 0.396. The summed E-state index contributed by atoms with van der Waals surface area (Å²) < 4.78 is 3.83. The molecule has 0 aliphatic carbocycles. The van der Waals surface area contributed by atoms with Crippen LogP contribution in [0.1, 0.15) is 13.3 Å². The van der Waals surface area contributed by atoms with Crippen LogP contribution in [0.25, 0.3) is 0 Å². The SMILES string of the molecule is CC(Cl)=CCC(=O)OCl. The van der Waals surface area contributed by atoms with Crippen molar-refractivity contribution in [1.82, 2.24) is 0 Å². The third-order valence-corrected chi connectivity index (χ3v) is 0.962. The summed E-state index contributed by atoms with van der Waals surface area (Å²) in [5, 5.41) is 0.553. The molecule has 0 rings (SSSR count). The first-order valence-electron chi connectivity index (χ1n) is 2.30. The van der Waals surface area contributed by atoms with Crippen molar-refractivity contribution >= 4 is 29.4 Å². The first kappa shape index (κ1) is 8.79. The van der Waals surface area contributed by atoms with Crippen LogP contribution in [-0.2, 0) is 9.08 Å². The molecule has 0 aromatic heterocycles.